The average Bonchev–Trinajstić information content (AvgIpc) is 2.70. The zero-order valence-corrected chi connectivity index (χ0v) is 18.8. The molecule has 0 bridgehead atoms. The molecule has 3 atom stereocenters. The van der Waals surface area contributed by atoms with Gasteiger partial charge in [-0.3, -0.25) is 38.3 Å². The molecule has 1 aromatic heterocycles. The Balaban J connectivity index is 3.10. The van der Waals surface area contributed by atoms with Gasteiger partial charge in [0, 0.05) is 40.0 Å². The number of H-pyrrole nitrogens is 1. The topological polar surface area (TPSA) is 202 Å². The van der Waals surface area contributed by atoms with Crippen LogP contribution in [0.1, 0.15) is 27.7 Å². The normalized spacial score (nSPS) is 13.3. The Morgan fingerprint density at radius 1 is 1.00 bits per heavy atom. The first kappa shape index (κ1) is 27.7. The van der Waals surface area contributed by atoms with Crippen molar-refractivity contribution in [3.63, 3.8) is 0 Å². The van der Waals surface area contributed by atoms with Crippen LogP contribution < -0.4 is 16.7 Å². The van der Waals surface area contributed by atoms with Gasteiger partial charge in [0.05, 0.1) is 6.21 Å². The monoisotopic (exact) mass is 484 g/mol. The van der Waals surface area contributed by atoms with Gasteiger partial charge in [-0.05, 0) is 0 Å². The van der Waals surface area contributed by atoms with Gasteiger partial charge in [-0.1, -0.05) is 0 Å². The number of carbonyl (C=O) groups excluding carboxylic acids is 5. The lowest BCUT2D eigenvalue weighted by Crippen LogP contribution is -2.48. The molecule has 186 valence electrons. The molecule has 2 N–H and O–H groups in total. The summed E-state index contributed by atoms with van der Waals surface area (Å²) in [6.45, 7) is 3.18. The van der Waals surface area contributed by atoms with E-state index in [-0.39, 0.29) is 0 Å². The number of ether oxygens (including phenoxy) is 4. The Morgan fingerprint density at radius 3 is 2.15 bits per heavy atom. The summed E-state index contributed by atoms with van der Waals surface area (Å²) in [4.78, 5) is 82.7. The van der Waals surface area contributed by atoms with Crippen LogP contribution in [0.5, 0.6) is 0 Å². The van der Waals surface area contributed by atoms with Crippen LogP contribution in [-0.2, 0) is 49.5 Å². The molecular formula is C19H24N4O11. The molecule has 1 heterocycles. The third-order valence-electron chi connectivity index (χ3n) is 3.68. The fourth-order valence-electron chi connectivity index (χ4n) is 2.47. The molecule has 0 fully saturated rings. The Hall–Kier alpha value is -4.30. The Morgan fingerprint density at radius 2 is 1.62 bits per heavy atom. The molecule has 0 aliphatic heterocycles. The average molecular weight is 484 g/mol. The zero-order chi connectivity index (χ0) is 25.8. The molecular weight excluding hydrogens is 460 g/mol. The summed E-state index contributed by atoms with van der Waals surface area (Å²) >= 11 is 0. The Kier molecular flexibility index (Phi) is 10.8. The zero-order valence-electron chi connectivity index (χ0n) is 18.8. The number of carbonyl (C=O) groups is 5. The van der Waals surface area contributed by atoms with Gasteiger partial charge in [0.2, 0.25) is 0 Å². The highest BCUT2D eigenvalue weighted by molar-refractivity contribution is 5.78. The van der Waals surface area contributed by atoms with E-state index in [1.165, 1.54) is 0 Å². The van der Waals surface area contributed by atoms with Crippen LogP contribution in [-0.4, -0.2) is 70.5 Å². The van der Waals surface area contributed by atoms with Crippen molar-refractivity contribution in [1.29, 1.82) is 0 Å². The van der Waals surface area contributed by atoms with Crippen molar-refractivity contribution in [2.45, 2.75) is 52.6 Å². The largest absolute Gasteiger partial charge is 0.462 e. The molecule has 0 unspecified atom stereocenters. The second-order valence-electron chi connectivity index (χ2n) is 6.65. The molecule has 1 aromatic rings. The van der Waals surface area contributed by atoms with Gasteiger partial charge in [-0.25, -0.2) is 10.2 Å². The maximum Gasteiger partial charge on any atom is 0.328 e. The van der Waals surface area contributed by atoms with Crippen LogP contribution in [0, 0.1) is 0 Å². The number of hydrogen-bond donors (Lipinski definition) is 2. The van der Waals surface area contributed by atoms with Crippen molar-refractivity contribution in [2.24, 2.45) is 5.10 Å². The van der Waals surface area contributed by atoms with Gasteiger partial charge in [0.15, 0.2) is 18.3 Å². The lowest BCUT2D eigenvalue weighted by Gasteiger charge is -2.29. The fourth-order valence-corrected chi connectivity index (χ4v) is 2.47. The van der Waals surface area contributed by atoms with Gasteiger partial charge in [-0.2, -0.15) is 5.10 Å². The van der Waals surface area contributed by atoms with Crippen molar-refractivity contribution >= 4 is 36.0 Å². The summed E-state index contributed by atoms with van der Waals surface area (Å²) in [7, 11) is 0. The third kappa shape index (κ3) is 10.3. The van der Waals surface area contributed by atoms with Crippen molar-refractivity contribution in [3.8, 4) is 0 Å². The number of hydrazone groups is 1. The third-order valence-corrected chi connectivity index (χ3v) is 3.68. The summed E-state index contributed by atoms with van der Waals surface area (Å²) in [6, 6.07) is 1.04. The van der Waals surface area contributed by atoms with E-state index in [0.29, 0.717) is 0 Å². The van der Waals surface area contributed by atoms with Crippen molar-refractivity contribution in [1.82, 2.24) is 15.0 Å². The summed E-state index contributed by atoms with van der Waals surface area (Å²) in [5.41, 5.74) is 0.602. The number of esters is 4. The van der Waals surface area contributed by atoms with Crippen LogP contribution >= 0.6 is 0 Å². The Labute approximate surface area is 192 Å². The molecule has 0 saturated carbocycles. The van der Waals surface area contributed by atoms with Gasteiger partial charge in [-0.15, -0.1) is 0 Å². The predicted molar refractivity (Wildman–Crippen MR) is 111 cm³/mol. The number of rotatable bonds is 11. The molecule has 34 heavy (non-hydrogen) atoms. The summed E-state index contributed by atoms with van der Waals surface area (Å²) in [5, 5.41) is 3.62. The fraction of sp³-hybridized carbons (Fsp3) is 0.474. The van der Waals surface area contributed by atoms with Crippen molar-refractivity contribution < 1.29 is 42.9 Å². The lowest BCUT2D eigenvalue weighted by atomic mass is 10.1. The van der Waals surface area contributed by atoms with E-state index in [2.05, 4.69) is 10.5 Å². The highest BCUT2D eigenvalue weighted by Gasteiger charge is 2.37. The van der Waals surface area contributed by atoms with Gasteiger partial charge in [0.1, 0.15) is 13.2 Å². The van der Waals surface area contributed by atoms with E-state index in [1.807, 2.05) is 4.98 Å². The molecule has 0 radical (unpaired) electrons. The van der Waals surface area contributed by atoms with Crippen LogP contribution in [0.3, 0.4) is 0 Å². The standard InChI is InChI=1S/C19H24N4O11/c1-10(24)31-9-15(33-12(3)26)18(34-13(4)27)14(32-11(2)25)7-20-22-17(29)8-23-6-5-16(28)21-19(23)30/h5-7,14-15,18H,8-9H2,1-4H3,(H,22,29)(H,21,28,30)/b20-7+/t14-,15-,18+/m1/s1. The lowest BCUT2D eigenvalue weighted by molar-refractivity contribution is -0.183. The van der Waals surface area contributed by atoms with Gasteiger partial charge >= 0.3 is 29.6 Å². The molecule has 0 aromatic carbocycles. The molecule has 0 aliphatic carbocycles. The summed E-state index contributed by atoms with van der Waals surface area (Å²) < 4.78 is 21.0. The maximum absolute atomic E-state index is 12.1. The van der Waals surface area contributed by atoms with E-state index in [0.717, 1.165) is 50.7 Å². The second-order valence-corrected chi connectivity index (χ2v) is 6.65. The van der Waals surface area contributed by atoms with Crippen molar-refractivity contribution in [3.05, 3.63) is 33.1 Å². The summed E-state index contributed by atoms with van der Waals surface area (Å²) in [6.07, 6.45) is -2.41. The van der Waals surface area contributed by atoms with Crippen LogP contribution in [0.2, 0.25) is 0 Å². The minimum absolute atomic E-state index is 0.513. The molecule has 0 spiro atoms. The predicted octanol–water partition coefficient (Wildman–Crippen LogP) is -2.00. The van der Waals surface area contributed by atoms with Crippen molar-refractivity contribution in [2.75, 3.05) is 6.61 Å². The first-order valence-corrected chi connectivity index (χ1v) is 9.65. The molecule has 0 aliphatic rings. The SMILES string of the molecule is CC(=O)OC[C@@H](OC(C)=O)[C@@H](OC(C)=O)[C@@H](/C=N/NC(=O)Cn1ccc(=O)[nH]c1=O)OC(C)=O. The molecule has 0 saturated heterocycles. The number of aromatic amines is 1. The number of nitrogens with one attached hydrogen (secondary N) is 2. The number of aromatic nitrogens is 2. The van der Waals surface area contributed by atoms with E-state index in [9.17, 15) is 33.6 Å². The highest BCUT2D eigenvalue weighted by Crippen LogP contribution is 2.14. The quantitative estimate of drug-likeness (QED) is 0.152. The van der Waals surface area contributed by atoms with E-state index in [1.54, 1.807) is 0 Å². The van der Waals surface area contributed by atoms with E-state index in [4.69, 9.17) is 18.9 Å². The number of hydrogen-bond acceptors (Lipinski definition) is 12. The second kappa shape index (κ2) is 13.3. The first-order valence-electron chi connectivity index (χ1n) is 9.65. The van der Waals surface area contributed by atoms with Gasteiger partial charge in [0.25, 0.3) is 11.5 Å². The number of amides is 1. The maximum atomic E-state index is 12.1. The molecule has 1 amide bonds. The minimum Gasteiger partial charge on any atom is -0.462 e. The first-order chi connectivity index (χ1) is 15.9. The highest BCUT2D eigenvalue weighted by atomic mass is 16.6. The van der Waals surface area contributed by atoms with Crippen LogP contribution in [0.15, 0.2) is 27.0 Å². The molecule has 15 heteroatoms. The molecule has 15 nitrogen and oxygen atoms in total. The van der Waals surface area contributed by atoms with E-state index < -0.39 is 72.5 Å². The van der Waals surface area contributed by atoms with Gasteiger partial charge < -0.3 is 18.9 Å². The Bertz CT molecular complexity index is 1060. The minimum atomic E-state index is -1.51. The smallest absolute Gasteiger partial charge is 0.328 e. The van der Waals surface area contributed by atoms with Crippen LogP contribution in [0.25, 0.3) is 0 Å². The van der Waals surface area contributed by atoms with Crippen LogP contribution in [0.4, 0.5) is 0 Å². The number of nitrogens with zero attached hydrogens (tertiary/aromatic N) is 2. The van der Waals surface area contributed by atoms with E-state index >= 15 is 0 Å². The molecule has 1 rings (SSSR count). The summed E-state index contributed by atoms with van der Waals surface area (Å²) in [5.74, 6) is -4.02.